The van der Waals surface area contributed by atoms with Crippen LogP contribution in [-0.4, -0.2) is 51.6 Å². The Morgan fingerprint density at radius 1 is 1.43 bits per heavy atom. The van der Waals surface area contributed by atoms with Gasteiger partial charge >= 0.3 is 0 Å². The second kappa shape index (κ2) is 7.64. The molecule has 3 N–H and O–H groups in total. The molecule has 1 saturated heterocycles. The average Bonchev–Trinajstić information content (AvgIpc) is 3.17. The van der Waals surface area contributed by atoms with Gasteiger partial charge < -0.3 is 20.5 Å². The van der Waals surface area contributed by atoms with Gasteiger partial charge in [-0.15, -0.1) is 11.3 Å². The first kappa shape index (κ1) is 19.1. The fourth-order valence-electron chi connectivity index (χ4n) is 3.33. The van der Waals surface area contributed by atoms with Crippen LogP contribution in [0.4, 0.5) is 5.82 Å². The maximum atomic E-state index is 12.4. The van der Waals surface area contributed by atoms with E-state index in [-0.39, 0.29) is 17.7 Å². The van der Waals surface area contributed by atoms with Crippen molar-refractivity contribution in [1.82, 2.24) is 15.0 Å². The number of methoxy groups -OCH3 is 1. The van der Waals surface area contributed by atoms with E-state index in [1.54, 1.807) is 17.1 Å². The highest BCUT2D eigenvalue weighted by Crippen LogP contribution is 2.46. The van der Waals surface area contributed by atoms with E-state index in [2.05, 4.69) is 27.2 Å². The molecule has 2 aromatic rings. The highest BCUT2D eigenvalue weighted by Gasteiger charge is 2.49. The summed E-state index contributed by atoms with van der Waals surface area (Å²) in [6.07, 6.45) is 3.83. The Hall–Kier alpha value is -2.24. The lowest BCUT2D eigenvalue weighted by atomic mass is 9.80. The summed E-state index contributed by atoms with van der Waals surface area (Å²) in [5.41, 5.74) is 5.62. The molecule has 1 amide bonds. The van der Waals surface area contributed by atoms with E-state index in [0.29, 0.717) is 23.5 Å². The first-order valence-corrected chi connectivity index (χ1v) is 10.6. The molecule has 148 valence electrons. The number of rotatable bonds is 4. The number of ether oxygens (including phenoxy) is 2. The van der Waals surface area contributed by atoms with Crippen LogP contribution in [0, 0.1) is 5.92 Å². The number of aliphatic imine (C=N–C) groups is 1. The molecular weight excluding hydrogens is 400 g/mol. The summed E-state index contributed by atoms with van der Waals surface area (Å²) in [6.45, 7) is 2.50. The van der Waals surface area contributed by atoms with Gasteiger partial charge in [0.15, 0.2) is 5.17 Å². The molecule has 0 bridgehead atoms. The van der Waals surface area contributed by atoms with Gasteiger partial charge in [0.2, 0.25) is 5.88 Å². The highest BCUT2D eigenvalue weighted by atomic mass is 32.2. The van der Waals surface area contributed by atoms with Crippen molar-refractivity contribution in [3.63, 3.8) is 0 Å². The molecular formula is C17H20N6O3S2. The minimum atomic E-state index is -0.588. The zero-order valence-electron chi connectivity index (χ0n) is 15.4. The molecule has 0 aliphatic carbocycles. The molecule has 28 heavy (non-hydrogen) atoms. The topological polar surface area (TPSA) is 125 Å². The number of amidine groups is 1. The van der Waals surface area contributed by atoms with E-state index >= 15 is 0 Å². The summed E-state index contributed by atoms with van der Waals surface area (Å²) >= 11 is 3.02. The molecule has 0 aromatic carbocycles. The monoisotopic (exact) mass is 420 g/mol. The third kappa shape index (κ3) is 3.56. The molecule has 0 radical (unpaired) electrons. The lowest BCUT2D eigenvalue weighted by Crippen LogP contribution is -2.49. The Morgan fingerprint density at radius 3 is 3.04 bits per heavy atom. The number of anilines is 1. The fourth-order valence-corrected chi connectivity index (χ4v) is 5.30. The number of nitrogens with one attached hydrogen (secondary N) is 1. The molecule has 2 aliphatic heterocycles. The van der Waals surface area contributed by atoms with E-state index < -0.39 is 11.4 Å². The number of carbonyl (C=O) groups excluding carboxylic acids is 1. The maximum Gasteiger partial charge on any atom is 0.277 e. The molecule has 3 unspecified atom stereocenters. The second-order valence-corrected chi connectivity index (χ2v) is 8.57. The Labute approximate surface area is 170 Å². The number of thioether (sulfide) groups is 1. The van der Waals surface area contributed by atoms with E-state index in [4.69, 9.17) is 20.2 Å². The van der Waals surface area contributed by atoms with Crippen molar-refractivity contribution in [3.8, 4) is 5.88 Å². The number of amides is 1. The van der Waals surface area contributed by atoms with Crippen molar-refractivity contribution < 1.29 is 14.3 Å². The minimum Gasteiger partial charge on any atom is -0.480 e. The number of nitrogens with two attached hydrogens (primary N) is 1. The SMILES string of the molecule is COc1cnc(C(=O)Nc2csc(C34COC(C)CC3CSC(N)=N4)n2)cn1. The molecule has 9 nitrogen and oxygen atoms in total. The first-order chi connectivity index (χ1) is 13.5. The number of fused-ring (bicyclic) bond motifs is 1. The Balaban J connectivity index is 1.56. The number of aromatic nitrogens is 3. The quantitative estimate of drug-likeness (QED) is 0.768. The van der Waals surface area contributed by atoms with Crippen LogP contribution in [0.15, 0.2) is 22.8 Å². The second-order valence-electron chi connectivity index (χ2n) is 6.68. The van der Waals surface area contributed by atoms with Crippen LogP contribution < -0.4 is 15.8 Å². The summed E-state index contributed by atoms with van der Waals surface area (Å²) in [6, 6.07) is 0. The van der Waals surface area contributed by atoms with Gasteiger partial charge in [-0.1, -0.05) is 11.8 Å². The van der Waals surface area contributed by atoms with Crippen molar-refractivity contribution in [2.24, 2.45) is 16.6 Å². The van der Waals surface area contributed by atoms with Gasteiger partial charge in [0.25, 0.3) is 5.91 Å². The third-order valence-corrected chi connectivity index (χ3v) is 6.77. The molecule has 2 aromatic heterocycles. The lowest BCUT2D eigenvalue weighted by molar-refractivity contribution is -0.0466. The van der Waals surface area contributed by atoms with Crippen molar-refractivity contribution in [3.05, 3.63) is 28.5 Å². The average molecular weight is 421 g/mol. The highest BCUT2D eigenvalue weighted by molar-refractivity contribution is 8.13. The number of hydrogen-bond donors (Lipinski definition) is 2. The Bertz CT molecular complexity index is 903. The van der Waals surface area contributed by atoms with Crippen molar-refractivity contribution in [1.29, 1.82) is 0 Å². The van der Waals surface area contributed by atoms with Gasteiger partial charge in [-0.05, 0) is 13.3 Å². The summed E-state index contributed by atoms with van der Waals surface area (Å²) < 4.78 is 10.9. The number of carbonyl (C=O) groups is 1. The molecule has 4 rings (SSSR count). The van der Waals surface area contributed by atoms with Gasteiger partial charge in [-0.2, -0.15) is 0 Å². The largest absolute Gasteiger partial charge is 0.480 e. The van der Waals surface area contributed by atoms with Crippen LogP contribution in [0.1, 0.15) is 28.8 Å². The maximum absolute atomic E-state index is 12.4. The van der Waals surface area contributed by atoms with Crippen LogP contribution in [0.25, 0.3) is 0 Å². The predicted molar refractivity (Wildman–Crippen MR) is 108 cm³/mol. The standard InChI is InChI=1S/C17H20N6O3S2/c1-9-3-10-6-28-16(18)23-17(10,8-26-9)15-22-12(7-27-15)21-14(24)11-4-20-13(25-2)5-19-11/h4-5,7,9-10H,3,6,8H2,1-2H3,(H2,18,23)(H,21,24). The third-order valence-electron chi connectivity index (χ3n) is 4.81. The Morgan fingerprint density at radius 2 is 2.29 bits per heavy atom. The number of hydrogen-bond acceptors (Lipinski definition) is 10. The zero-order valence-corrected chi connectivity index (χ0v) is 17.0. The van der Waals surface area contributed by atoms with Gasteiger partial charge in [0.1, 0.15) is 22.1 Å². The normalized spacial score (nSPS) is 26.9. The number of nitrogens with zero attached hydrogens (tertiary/aromatic N) is 4. The lowest BCUT2D eigenvalue weighted by Gasteiger charge is -2.44. The van der Waals surface area contributed by atoms with Gasteiger partial charge in [0.05, 0.1) is 32.2 Å². The molecule has 0 spiro atoms. The zero-order chi connectivity index (χ0) is 19.7. The molecule has 4 heterocycles. The smallest absolute Gasteiger partial charge is 0.277 e. The van der Waals surface area contributed by atoms with Crippen molar-refractivity contribution >= 4 is 40.0 Å². The van der Waals surface area contributed by atoms with Crippen molar-refractivity contribution in [2.75, 3.05) is 24.8 Å². The van der Waals surface area contributed by atoms with E-state index in [1.165, 1.54) is 30.8 Å². The van der Waals surface area contributed by atoms with Crippen LogP contribution >= 0.6 is 23.1 Å². The summed E-state index contributed by atoms with van der Waals surface area (Å²) in [4.78, 5) is 29.8. The van der Waals surface area contributed by atoms with Crippen LogP contribution in [-0.2, 0) is 10.3 Å². The van der Waals surface area contributed by atoms with E-state index in [0.717, 1.165) is 17.2 Å². The molecule has 1 fully saturated rings. The summed E-state index contributed by atoms with van der Waals surface area (Å²) in [7, 11) is 1.49. The van der Waals surface area contributed by atoms with Crippen LogP contribution in [0.5, 0.6) is 5.88 Å². The summed E-state index contributed by atoms with van der Waals surface area (Å²) in [5, 5.41) is 5.89. The van der Waals surface area contributed by atoms with Crippen LogP contribution in [0.3, 0.4) is 0 Å². The molecule has 3 atom stereocenters. The van der Waals surface area contributed by atoms with E-state index in [9.17, 15) is 4.79 Å². The fraction of sp³-hybridized carbons (Fsp3) is 0.471. The van der Waals surface area contributed by atoms with Gasteiger partial charge in [-0.3, -0.25) is 4.79 Å². The van der Waals surface area contributed by atoms with Gasteiger partial charge in [0, 0.05) is 17.1 Å². The van der Waals surface area contributed by atoms with E-state index in [1.807, 2.05) is 0 Å². The van der Waals surface area contributed by atoms with Crippen molar-refractivity contribution in [2.45, 2.75) is 25.0 Å². The molecule has 2 aliphatic rings. The Kier molecular flexibility index (Phi) is 5.21. The summed E-state index contributed by atoms with van der Waals surface area (Å²) in [5.74, 6) is 1.56. The predicted octanol–water partition coefficient (Wildman–Crippen LogP) is 1.88. The minimum absolute atomic E-state index is 0.178. The molecule has 11 heteroatoms. The number of thiazole rings is 1. The molecule has 0 saturated carbocycles. The van der Waals surface area contributed by atoms with Gasteiger partial charge in [-0.25, -0.2) is 19.9 Å². The first-order valence-electron chi connectivity index (χ1n) is 8.73. The van der Waals surface area contributed by atoms with Crippen LogP contribution in [0.2, 0.25) is 0 Å².